The van der Waals surface area contributed by atoms with Crippen LogP contribution in [0.2, 0.25) is 0 Å². The lowest BCUT2D eigenvalue weighted by Crippen LogP contribution is -2.23. The van der Waals surface area contributed by atoms with Gasteiger partial charge in [-0.25, -0.2) is 0 Å². The lowest BCUT2D eigenvalue weighted by molar-refractivity contribution is -0.137. The zero-order valence-electron chi connectivity index (χ0n) is 5.79. The summed E-state index contributed by atoms with van der Waals surface area (Å²) in [6.07, 6.45) is 1.70. The fourth-order valence-corrected chi connectivity index (χ4v) is 0.862. The minimum Gasteiger partial charge on any atom is -0.481 e. The Hall–Kier alpha value is -0.220. The monoisotopic (exact) mass is 163 g/mol. The van der Waals surface area contributed by atoms with Crippen LogP contribution in [0.1, 0.15) is 19.3 Å². The van der Waals surface area contributed by atoms with Crippen molar-refractivity contribution in [2.24, 2.45) is 5.73 Å². The van der Waals surface area contributed by atoms with E-state index in [1.54, 1.807) is 0 Å². The Morgan fingerprint density at radius 3 is 2.70 bits per heavy atom. The van der Waals surface area contributed by atoms with Crippen LogP contribution in [0.25, 0.3) is 0 Å². The number of hydrogen-bond acceptors (Lipinski definition) is 3. The maximum atomic E-state index is 10.1. The molecule has 1 atom stereocenters. The summed E-state index contributed by atoms with van der Waals surface area (Å²) in [4.78, 5) is 10.1. The van der Waals surface area contributed by atoms with Gasteiger partial charge in [-0.05, 0) is 18.6 Å². The first kappa shape index (κ1) is 9.78. The van der Waals surface area contributed by atoms with Gasteiger partial charge in [0.2, 0.25) is 0 Å². The molecule has 10 heavy (non-hydrogen) atoms. The molecule has 0 aliphatic carbocycles. The highest BCUT2D eigenvalue weighted by Crippen LogP contribution is 1.99. The van der Waals surface area contributed by atoms with Gasteiger partial charge in [0.15, 0.2) is 0 Å². The van der Waals surface area contributed by atoms with Gasteiger partial charge >= 0.3 is 5.97 Å². The lowest BCUT2D eigenvalue weighted by Gasteiger charge is -2.05. The Kier molecular flexibility index (Phi) is 5.43. The second-order valence-corrected chi connectivity index (χ2v) is 2.67. The fourth-order valence-electron chi connectivity index (χ4n) is 0.680. The standard InChI is InChI=1S/C6H13NO2S/c7-5(2-1-3-10)4-6(8)9/h5,10H,1-4,7H2,(H,8,9). The van der Waals surface area contributed by atoms with Crippen LogP contribution in [0, 0.1) is 0 Å². The molecule has 0 aromatic rings. The highest BCUT2D eigenvalue weighted by atomic mass is 32.1. The minimum atomic E-state index is -0.827. The molecule has 3 nitrogen and oxygen atoms in total. The number of rotatable bonds is 5. The van der Waals surface area contributed by atoms with Crippen LogP contribution in [0.3, 0.4) is 0 Å². The van der Waals surface area contributed by atoms with Gasteiger partial charge in [0.25, 0.3) is 0 Å². The highest BCUT2D eigenvalue weighted by molar-refractivity contribution is 7.80. The van der Waals surface area contributed by atoms with Crippen molar-refractivity contribution < 1.29 is 9.90 Å². The molecule has 0 saturated heterocycles. The van der Waals surface area contributed by atoms with E-state index in [1.165, 1.54) is 0 Å². The molecule has 0 rings (SSSR count). The molecular weight excluding hydrogens is 150 g/mol. The quantitative estimate of drug-likeness (QED) is 0.517. The first-order valence-electron chi connectivity index (χ1n) is 3.25. The summed E-state index contributed by atoms with van der Waals surface area (Å²) in [7, 11) is 0. The molecule has 0 saturated carbocycles. The van der Waals surface area contributed by atoms with E-state index in [0.29, 0.717) is 0 Å². The van der Waals surface area contributed by atoms with Crippen molar-refractivity contribution in [3.63, 3.8) is 0 Å². The number of carbonyl (C=O) groups is 1. The molecule has 0 spiro atoms. The Bertz CT molecular complexity index is 108. The molecule has 0 bridgehead atoms. The number of carboxylic acid groups (broad SMARTS) is 1. The minimum absolute atomic E-state index is 0.0633. The first-order chi connectivity index (χ1) is 4.66. The van der Waals surface area contributed by atoms with Crippen LogP contribution >= 0.6 is 12.6 Å². The van der Waals surface area contributed by atoms with E-state index in [-0.39, 0.29) is 12.5 Å². The number of hydrogen-bond donors (Lipinski definition) is 3. The van der Waals surface area contributed by atoms with E-state index in [2.05, 4.69) is 12.6 Å². The lowest BCUT2D eigenvalue weighted by atomic mass is 10.1. The van der Waals surface area contributed by atoms with Crippen molar-refractivity contribution in [3.8, 4) is 0 Å². The maximum Gasteiger partial charge on any atom is 0.304 e. The zero-order valence-corrected chi connectivity index (χ0v) is 6.68. The van der Waals surface area contributed by atoms with Crippen molar-refractivity contribution >= 4 is 18.6 Å². The Morgan fingerprint density at radius 1 is 1.70 bits per heavy atom. The molecule has 0 fully saturated rings. The van der Waals surface area contributed by atoms with Gasteiger partial charge in [-0.15, -0.1) is 0 Å². The van der Waals surface area contributed by atoms with Crippen LogP contribution in [0.15, 0.2) is 0 Å². The summed E-state index contributed by atoms with van der Waals surface area (Å²) >= 11 is 3.98. The fraction of sp³-hybridized carbons (Fsp3) is 0.833. The summed E-state index contributed by atoms with van der Waals surface area (Å²) in [5.74, 6) is -0.0560. The van der Waals surface area contributed by atoms with Crippen LogP contribution < -0.4 is 5.73 Å². The van der Waals surface area contributed by atoms with E-state index < -0.39 is 5.97 Å². The molecule has 4 heteroatoms. The molecule has 0 amide bonds. The van der Waals surface area contributed by atoms with Gasteiger partial charge in [0.05, 0.1) is 6.42 Å². The largest absolute Gasteiger partial charge is 0.481 e. The van der Waals surface area contributed by atoms with Crippen LogP contribution in [0.4, 0.5) is 0 Å². The summed E-state index contributed by atoms with van der Waals surface area (Å²) in [5, 5.41) is 8.28. The molecule has 0 radical (unpaired) electrons. The molecule has 0 aromatic carbocycles. The van der Waals surface area contributed by atoms with Crippen LogP contribution in [-0.2, 0) is 4.79 Å². The smallest absolute Gasteiger partial charge is 0.304 e. The Balaban J connectivity index is 3.25. The predicted molar refractivity (Wildman–Crippen MR) is 43.3 cm³/mol. The van der Waals surface area contributed by atoms with E-state index in [9.17, 15) is 4.79 Å². The van der Waals surface area contributed by atoms with Crippen LogP contribution in [0.5, 0.6) is 0 Å². The van der Waals surface area contributed by atoms with Gasteiger partial charge in [0.1, 0.15) is 0 Å². The third kappa shape index (κ3) is 5.91. The maximum absolute atomic E-state index is 10.1. The highest BCUT2D eigenvalue weighted by Gasteiger charge is 2.05. The molecule has 0 aromatic heterocycles. The molecule has 1 unspecified atom stereocenters. The number of thiol groups is 1. The van der Waals surface area contributed by atoms with Crippen molar-refractivity contribution in [1.82, 2.24) is 0 Å². The summed E-state index contributed by atoms with van der Waals surface area (Å²) < 4.78 is 0. The summed E-state index contributed by atoms with van der Waals surface area (Å²) in [5.41, 5.74) is 5.45. The predicted octanol–water partition coefficient (Wildman–Crippen LogP) is 0.498. The number of nitrogens with two attached hydrogens (primary N) is 1. The van der Waals surface area contributed by atoms with Crippen molar-refractivity contribution in [2.75, 3.05) is 5.75 Å². The van der Waals surface area contributed by atoms with Gasteiger partial charge in [-0.3, -0.25) is 4.79 Å². The summed E-state index contributed by atoms with van der Waals surface area (Å²) in [6.45, 7) is 0. The molecular formula is C6H13NO2S. The second kappa shape index (κ2) is 5.56. The number of aliphatic carboxylic acids is 1. The third-order valence-corrected chi connectivity index (χ3v) is 1.49. The van der Waals surface area contributed by atoms with Gasteiger partial charge in [-0.2, -0.15) is 12.6 Å². The number of carboxylic acids is 1. The van der Waals surface area contributed by atoms with Crippen molar-refractivity contribution in [2.45, 2.75) is 25.3 Å². The van der Waals surface area contributed by atoms with Gasteiger partial charge in [0, 0.05) is 6.04 Å². The molecule has 0 aliphatic rings. The molecule has 0 heterocycles. The van der Waals surface area contributed by atoms with Crippen molar-refractivity contribution in [1.29, 1.82) is 0 Å². The van der Waals surface area contributed by atoms with Crippen molar-refractivity contribution in [3.05, 3.63) is 0 Å². The SMILES string of the molecule is NC(CCCS)CC(=O)O. The van der Waals surface area contributed by atoms with E-state index in [4.69, 9.17) is 10.8 Å². The Labute approximate surface area is 66.0 Å². The van der Waals surface area contributed by atoms with E-state index in [0.717, 1.165) is 18.6 Å². The molecule has 60 valence electrons. The average molecular weight is 163 g/mol. The van der Waals surface area contributed by atoms with E-state index in [1.807, 2.05) is 0 Å². The molecule has 3 N–H and O–H groups in total. The first-order valence-corrected chi connectivity index (χ1v) is 3.88. The van der Waals surface area contributed by atoms with Gasteiger partial charge in [-0.1, -0.05) is 0 Å². The normalized spacial score (nSPS) is 13.0. The van der Waals surface area contributed by atoms with Crippen LogP contribution in [-0.4, -0.2) is 22.9 Å². The average Bonchev–Trinajstić information content (AvgIpc) is 1.82. The zero-order chi connectivity index (χ0) is 7.98. The van der Waals surface area contributed by atoms with E-state index >= 15 is 0 Å². The Morgan fingerprint density at radius 2 is 2.30 bits per heavy atom. The third-order valence-electron chi connectivity index (χ3n) is 1.17. The second-order valence-electron chi connectivity index (χ2n) is 2.22. The van der Waals surface area contributed by atoms with Gasteiger partial charge < -0.3 is 10.8 Å². The summed E-state index contributed by atoms with van der Waals surface area (Å²) in [6, 6.07) is -0.204. The topological polar surface area (TPSA) is 63.3 Å². The molecule has 0 aliphatic heterocycles.